The zero-order valence-corrected chi connectivity index (χ0v) is 13.8. The Morgan fingerprint density at radius 3 is 2.83 bits per heavy atom. The Hall–Kier alpha value is -2.15. The highest BCUT2D eigenvalue weighted by Crippen LogP contribution is 2.15. The maximum atomic E-state index is 12.9. The van der Waals surface area contributed by atoms with Crippen LogP contribution in [0.1, 0.15) is 26.2 Å². The van der Waals surface area contributed by atoms with Gasteiger partial charge < -0.3 is 19.7 Å². The van der Waals surface area contributed by atoms with Crippen LogP contribution >= 0.6 is 0 Å². The Morgan fingerprint density at radius 1 is 1.38 bits per heavy atom. The molecule has 0 spiro atoms. The molecule has 1 aliphatic rings. The van der Waals surface area contributed by atoms with Crippen molar-refractivity contribution < 1.29 is 23.5 Å². The third-order valence-corrected chi connectivity index (χ3v) is 3.73. The van der Waals surface area contributed by atoms with Crippen LogP contribution in [-0.4, -0.2) is 49.3 Å². The molecule has 0 unspecified atom stereocenters. The van der Waals surface area contributed by atoms with Gasteiger partial charge in [0, 0.05) is 18.7 Å². The minimum atomic E-state index is -0.411. The number of benzene rings is 1. The van der Waals surface area contributed by atoms with E-state index in [1.807, 2.05) is 6.92 Å². The number of halogens is 1. The van der Waals surface area contributed by atoms with E-state index in [4.69, 9.17) is 9.47 Å². The summed E-state index contributed by atoms with van der Waals surface area (Å²) in [4.78, 5) is 25.8. The third-order valence-electron chi connectivity index (χ3n) is 3.73. The van der Waals surface area contributed by atoms with E-state index < -0.39 is 6.09 Å². The number of anilines is 1. The molecule has 1 N–H and O–H groups in total. The van der Waals surface area contributed by atoms with Gasteiger partial charge in [-0.15, -0.1) is 0 Å². The topological polar surface area (TPSA) is 67.9 Å². The monoisotopic (exact) mass is 338 g/mol. The van der Waals surface area contributed by atoms with Crippen LogP contribution in [0.5, 0.6) is 0 Å². The smallest absolute Gasteiger partial charge is 0.410 e. The third kappa shape index (κ3) is 5.49. The van der Waals surface area contributed by atoms with Gasteiger partial charge in [0.05, 0.1) is 25.9 Å². The van der Waals surface area contributed by atoms with Gasteiger partial charge in [-0.1, -0.05) is 13.3 Å². The summed E-state index contributed by atoms with van der Waals surface area (Å²) >= 11 is 0. The first kappa shape index (κ1) is 18.2. The highest BCUT2D eigenvalue weighted by atomic mass is 19.1. The molecule has 7 heteroatoms. The number of nitrogens with one attached hydrogen (secondary N) is 1. The first-order chi connectivity index (χ1) is 11.6. The summed E-state index contributed by atoms with van der Waals surface area (Å²) in [5.74, 6) is -0.627. The fraction of sp³-hybridized carbons (Fsp3) is 0.529. The van der Waals surface area contributed by atoms with Crippen LogP contribution in [0.15, 0.2) is 24.3 Å². The Labute approximate surface area is 140 Å². The molecule has 1 saturated heterocycles. The molecule has 1 aromatic rings. The molecule has 0 radical (unpaired) electrons. The molecule has 1 atom stereocenters. The molecule has 6 nitrogen and oxygen atoms in total. The molecular weight excluding hydrogens is 315 g/mol. The van der Waals surface area contributed by atoms with Crippen molar-refractivity contribution in [1.29, 1.82) is 0 Å². The van der Waals surface area contributed by atoms with Gasteiger partial charge in [-0.05, 0) is 30.7 Å². The van der Waals surface area contributed by atoms with Crippen molar-refractivity contribution in [2.75, 3.05) is 31.7 Å². The van der Waals surface area contributed by atoms with Gasteiger partial charge in [0.25, 0.3) is 0 Å². The van der Waals surface area contributed by atoms with Crippen molar-refractivity contribution in [2.45, 2.75) is 32.2 Å². The molecular formula is C17H23FN2O4. The van der Waals surface area contributed by atoms with Crippen LogP contribution < -0.4 is 5.32 Å². The lowest BCUT2D eigenvalue weighted by Gasteiger charge is -2.34. The summed E-state index contributed by atoms with van der Waals surface area (Å²) in [7, 11) is 0. The number of hydrogen-bond acceptors (Lipinski definition) is 4. The molecule has 1 heterocycles. The van der Waals surface area contributed by atoms with Crippen molar-refractivity contribution in [3.05, 3.63) is 30.1 Å². The molecule has 1 aromatic carbocycles. The van der Waals surface area contributed by atoms with Crippen molar-refractivity contribution >= 4 is 17.7 Å². The van der Waals surface area contributed by atoms with Gasteiger partial charge in [-0.25, -0.2) is 9.18 Å². The molecule has 132 valence electrons. The van der Waals surface area contributed by atoms with Crippen LogP contribution in [0, 0.1) is 5.82 Å². The molecule has 2 rings (SSSR count). The van der Waals surface area contributed by atoms with E-state index >= 15 is 0 Å². The van der Waals surface area contributed by atoms with Gasteiger partial charge >= 0.3 is 6.09 Å². The van der Waals surface area contributed by atoms with Gasteiger partial charge in [0.1, 0.15) is 5.82 Å². The second-order valence-corrected chi connectivity index (χ2v) is 5.65. The van der Waals surface area contributed by atoms with Crippen molar-refractivity contribution in [1.82, 2.24) is 4.90 Å². The van der Waals surface area contributed by atoms with Gasteiger partial charge in [-0.2, -0.15) is 0 Å². The van der Waals surface area contributed by atoms with Crippen molar-refractivity contribution in [3.63, 3.8) is 0 Å². The maximum Gasteiger partial charge on any atom is 0.410 e. The summed E-state index contributed by atoms with van der Waals surface area (Å²) in [5, 5.41) is 2.69. The molecule has 0 bridgehead atoms. The minimum Gasteiger partial charge on any atom is -0.449 e. The normalized spacial score (nSPS) is 17.4. The minimum absolute atomic E-state index is 0.0975. The van der Waals surface area contributed by atoms with Crippen LogP contribution in [0.2, 0.25) is 0 Å². The highest BCUT2D eigenvalue weighted by Gasteiger charge is 2.30. The van der Waals surface area contributed by atoms with Crippen molar-refractivity contribution in [2.24, 2.45) is 0 Å². The fourth-order valence-corrected chi connectivity index (χ4v) is 2.41. The lowest BCUT2D eigenvalue weighted by atomic mass is 10.1. The van der Waals surface area contributed by atoms with Crippen molar-refractivity contribution in [3.8, 4) is 0 Å². The average Bonchev–Trinajstić information content (AvgIpc) is 2.57. The number of nitrogens with zero attached hydrogens (tertiary/aromatic N) is 1. The zero-order chi connectivity index (χ0) is 17.4. The molecule has 2 amide bonds. The van der Waals surface area contributed by atoms with Crippen LogP contribution in [0.3, 0.4) is 0 Å². The SMILES string of the molecule is CCCCOC(=O)N1CCOC[C@H]1CC(=O)Nc1ccc(F)cc1. The number of morpholine rings is 1. The highest BCUT2D eigenvalue weighted by molar-refractivity contribution is 5.91. The second kappa shape index (κ2) is 9.22. The Balaban J connectivity index is 1.88. The van der Waals surface area contributed by atoms with E-state index in [0.717, 1.165) is 12.8 Å². The number of amides is 2. The number of rotatable bonds is 6. The number of hydrogen-bond donors (Lipinski definition) is 1. The molecule has 0 aliphatic carbocycles. The maximum absolute atomic E-state index is 12.9. The predicted octanol–water partition coefficient (Wildman–Crippen LogP) is 2.79. The Kier molecular flexibility index (Phi) is 6.99. The number of carbonyl (C=O) groups is 2. The standard InChI is InChI=1S/C17H23FN2O4/c1-2-3-9-24-17(22)20-8-10-23-12-15(20)11-16(21)19-14-6-4-13(18)5-7-14/h4-7,15H,2-3,8-12H2,1H3,(H,19,21)/t15-/m1/s1. The molecule has 24 heavy (non-hydrogen) atoms. The first-order valence-corrected chi connectivity index (χ1v) is 8.16. The summed E-state index contributed by atoms with van der Waals surface area (Å²) < 4.78 is 23.5. The average molecular weight is 338 g/mol. The summed E-state index contributed by atoms with van der Waals surface area (Å²) in [6.45, 7) is 3.52. The lowest BCUT2D eigenvalue weighted by molar-refractivity contribution is -0.118. The van der Waals surface area contributed by atoms with Gasteiger partial charge in [0.15, 0.2) is 0 Å². The largest absolute Gasteiger partial charge is 0.449 e. The van der Waals surface area contributed by atoms with E-state index in [1.165, 1.54) is 24.3 Å². The fourth-order valence-electron chi connectivity index (χ4n) is 2.41. The van der Waals surface area contributed by atoms with E-state index in [1.54, 1.807) is 4.90 Å². The zero-order valence-electron chi connectivity index (χ0n) is 13.8. The van der Waals surface area contributed by atoms with Gasteiger partial charge in [0.2, 0.25) is 5.91 Å². The quantitative estimate of drug-likeness (QED) is 0.810. The second-order valence-electron chi connectivity index (χ2n) is 5.65. The molecule has 0 aromatic heterocycles. The summed E-state index contributed by atoms with van der Waals surface area (Å²) in [5.41, 5.74) is 0.509. The Morgan fingerprint density at radius 2 is 2.12 bits per heavy atom. The lowest BCUT2D eigenvalue weighted by Crippen LogP contribution is -2.50. The number of unbranched alkanes of at least 4 members (excludes halogenated alkanes) is 1. The first-order valence-electron chi connectivity index (χ1n) is 8.16. The molecule has 1 fully saturated rings. The summed E-state index contributed by atoms with van der Waals surface area (Å²) in [6.07, 6.45) is 1.44. The summed E-state index contributed by atoms with van der Waals surface area (Å²) in [6, 6.07) is 5.16. The van der Waals surface area contributed by atoms with Gasteiger partial charge in [-0.3, -0.25) is 4.79 Å². The van der Waals surface area contributed by atoms with E-state index in [2.05, 4.69) is 5.32 Å². The van der Waals surface area contributed by atoms with E-state index in [9.17, 15) is 14.0 Å². The number of carbonyl (C=O) groups excluding carboxylic acids is 2. The van der Waals surface area contributed by atoms with Crippen LogP contribution in [0.4, 0.5) is 14.9 Å². The molecule has 1 aliphatic heterocycles. The number of ether oxygens (including phenoxy) is 2. The molecule has 0 saturated carbocycles. The Bertz CT molecular complexity index is 550. The van der Waals surface area contributed by atoms with E-state index in [0.29, 0.717) is 32.1 Å². The predicted molar refractivity (Wildman–Crippen MR) is 87.2 cm³/mol. The van der Waals surface area contributed by atoms with Crippen LogP contribution in [0.25, 0.3) is 0 Å². The van der Waals surface area contributed by atoms with Crippen LogP contribution in [-0.2, 0) is 14.3 Å². The van der Waals surface area contributed by atoms with E-state index in [-0.39, 0.29) is 24.2 Å².